The third-order valence-corrected chi connectivity index (χ3v) is 17.3. The molecule has 318 valence electrons. The first-order chi connectivity index (χ1) is 31.8. The number of anilines is 2. The van der Waals surface area contributed by atoms with Gasteiger partial charge in [-0.05, 0) is 123 Å². The molecule has 8 aromatic carbocycles. The van der Waals surface area contributed by atoms with Crippen LogP contribution in [-0.4, -0.2) is 11.4 Å². The van der Waals surface area contributed by atoms with Crippen LogP contribution in [0.4, 0.5) is 11.4 Å². The van der Waals surface area contributed by atoms with Gasteiger partial charge in [-0.1, -0.05) is 115 Å². The summed E-state index contributed by atoms with van der Waals surface area (Å²) in [6.45, 7) is 16.4. The Morgan fingerprint density at radius 2 is 1.21 bits per heavy atom. The van der Waals surface area contributed by atoms with Crippen molar-refractivity contribution in [1.29, 1.82) is 0 Å². The molecule has 3 aliphatic rings. The molecule has 6 heteroatoms. The molecule has 0 unspecified atom stereocenters. The molecule has 4 aromatic heterocycles. The molecule has 0 fully saturated rings. The summed E-state index contributed by atoms with van der Waals surface area (Å²) in [5.41, 5.74) is 19.3. The van der Waals surface area contributed by atoms with E-state index >= 15 is 0 Å². The van der Waals surface area contributed by atoms with Gasteiger partial charge in [0.2, 0.25) is 0 Å². The van der Waals surface area contributed by atoms with E-state index in [-0.39, 0.29) is 23.1 Å². The Bertz CT molecular complexity index is 4170. The van der Waals surface area contributed by atoms with Crippen LogP contribution in [-0.2, 0) is 16.2 Å². The average Bonchev–Trinajstić information content (AvgIpc) is 4.05. The smallest absolute Gasteiger partial charge is 0.333 e. The predicted molar refractivity (Wildman–Crippen MR) is 281 cm³/mol. The Morgan fingerprint density at radius 1 is 0.530 bits per heavy atom. The molecule has 0 amide bonds. The van der Waals surface area contributed by atoms with Gasteiger partial charge >= 0.3 is 6.85 Å². The number of furan rings is 2. The van der Waals surface area contributed by atoms with Gasteiger partial charge in [0.1, 0.15) is 22.3 Å². The minimum Gasteiger partial charge on any atom is -0.456 e. The maximum absolute atomic E-state index is 7.03. The van der Waals surface area contributed by atoms with Crippen molar-refractivity contribution in [3.63, 3.8) is 0 Å². The van der Waals surface area contributed by atoms with E-state index in [1.807, 2.05) is 11.3 Å². The highest BCUT2D eigenvalue weighted by Gasteiger charge is 2.45. The third kappa shape index (κ3) is 4.75. The second-order valence-electron chi connectivity index (χ2n) is 21.9. The molecular formula is C60H47BN2O2S. The monoisotopic (exact) mass is 870 g/mol. The van der Waals surface area contributed by atoms with Gasteiger partial charge in [-0.2, -0.15) is 0 Å². The number of rotatable bonds is 1. The average molecular weight is 871 g/mol. The van der Waals surface area contributed by atoms with Gasteiger partial charge in [-0.3, -0.25) is 0 Å². The first kappa shape index (κ1) is 37.5. The molecule has 0 radical (unpaired) electrons. The van der Waals surface area contributed by atoms with Gasteiger partial charge in [0.25, 0.3) is 0 Å². The van der Waals surface area contributed by atoms with Crippen LogP contribution in [0.5, 0.6) is 0 Å². The minimum atomic E-state index is -0.113. The highest BCUT2D eigenvalue weighted by atomic mass is 32.1. The standard InChI is InChI=1S/C60H47BN2O2S/c1-58(2,3)32-16-18-33(19-17-32)63-48-27-42-41-25-44-45(60(6,7)23-22-59(44,4)5)29-52(41)65-51(42)28-39(48)36-20-21-37-38-24-40-34-12-8-10-14-50(34)64-53(40)30-47(38)62-49-31-55-43(35-13-9-11-15-54(35)66-55)26-46(49)61(63)56(36)57(37)62/h8-21,24-31H,22-23H2,1-7H3. The van der Waals surface area contributed by atoms with Gasteiger partial charge in [0.05, 0.1) is 11.0 Å². The molecule has 1 aliphatic carbocycles. The van der Waals surface area contributed by atoms with Crippen molar-refractivity contribution in [3.8, 4) is 16.8 Å². The second kappa shape index (κ2) is 12.2. The summed E-state index contributed by atoms with van der Waals surface area (Å²) < 4.78 is 18.8. The lowest BCUT2D eigenvalue weighted by molar-refractivity contribution is 0.332. The van der Waals surface area contributed by atoms with Gasteiger partial charge in [-0.25, -0.2) is 0 Å². The van der Waals surface area contributed by atoms with Crippen LogP contribution in [0.2, 0.25) is 0 Å². The molecule has 0 bridgehead atoms. The fourth-order valence-electron chi connectivity index (χ4n) is 12.6. The lowest BCUT2D eigenvalue weighted by Gasteiger charge is -2.42. The number of nitrogens with zero attached hydrogens (tertiary/aromatic N) is 2. The van der Waals surface area contributed by atoms with E-state index < -0.39 is 0 Å². The van der Waals surface area contributed by atoms with Crippen molar-refractivity contribution in [2.75, 3.05) is 4.81 Å². The molecule has 0 saturated carbocycles. The molecule has 0 atom stereocenters. The van der Waals surface area contributed by atoms with Crippen LogP contribution in [0, 0.1) is 0 Å². The van der Waals surface area contributed by atoms with Gasteiger partial charge in [0, 0.05) is 81.2 Å². The van der Waals surface area contributed by atoms with Crippen LogP contribution >= 0.6 is 11.3 Å². The lowest BCUT2D eigenvalue weighted by atomic mass is 9.44. The van der Waals surface area contributed by atoms with Crippen molar-refractivity contribution in [1.82, 2.24) is 4.57 Å². The van der Waals surface area contributed by atoms with Crippen molar-refractivity contribution >= 4 is 126 Å². The van der Waals surface area contributed by atoms with Crippen LogP contribution in [0.3, 0.4) is 0 Å². The number of thiophene rings is 1. The summed E-state index contributed by atoms with van der Waals surface area (Å²) in [7, 11) is 0. The van der Waals surface area contributed by atoms with Crippen LogP contribution in [0.15, 0.2) is 142 Å². The molecular weight excluding hydrogens is 824 g/mol. The highest BCUT2D eigenvalue weighted by molar-refractivity contribution is 7.26. The molecule has 15 rings (SSSR count). The fraction of sp³-hybridized carbons (Fsp3) is 0.200. The zero-order valence-electron chi connectivity index (χ0n) is 38.3. The third-order valence-electron chi connectivity index (χ3n) is 16.2. The van der Waals surface area contributed by atoms with Crippen LogP contribution < -0.4 is 15.7 Å². The van der Waals surface area contributed by atoms with Gasteiger partial charge < -0.3 is 18.2 Å². The lowest BCUT2D eigenvalue weighted by Crippen LogP contribution is -2.60. The normalized spacial score (nSPS) is 16.2. The van der Waals surface area contributed by atoms with Crippen molar-refractivity contribution in [2.45, 2.75) is 77.6 Å². The Kier molecular flexibility index (Phi) is 6.91. The number of fused-ring (bicyclic) bond motifs is 18. The van der Waals surface area contributed by atoms with E-state index in [1.165, 1.54) is 115 Å². The first-order valence-corrected chi connectivity index (χ1v) is 24.5. The Balaban J connectivity index is 1.10. The zero-order chi connectivity index (χ0) is 44.3. The Morgan fingerprint density at radius 3 is 2.02 bits per heavy atom. The first-order valence-electron chi connectivity index (χ1n) is 23.6. The van der Waals surface area contributed by atoms with Crippen molar-refractivity contribution in [2.24, 2.45) is 0 Å². The van der Waals surface area contributed by atoms with E-state index in [4.69, 9.17) is 8.83 Å². The van der Waals surface area contributed by atoms with E-state index in [0.717, 1.165) is 39.5 Å². The summed E-state index contributed by atoms with van der Waals surface area (Å²) >= 11 is 1.89. The van der Waals surface area contributed by atoms with E-state index in [9.17, 15) is 0 Å². The maximum Gasteiger partial charge on any atom is 0.333 e. The number of aromatic nitrogens is 1. The Labute approximate surface area is 387 Å². The summed E-state index contributed by atoms with van der Waals surface area (Å²) in [5, 5.41) is 9.79. The quantitative estimate of drug-likeness (QED) is 0.154. The van der Waals surface area contributed by atoms with E-state index in [1.54, 1.807) is 0 Å². The van der Waals surface area contributed by atoms with Crippen molar-refractivity contribution in [3.05, 3.63) is 150 Å². The minimum absolute atomic E-state index is 0.0228. The topological polar surface area (TPSA) is 34.5 Å². The number of hydrogen-bond acceptors (Lipinski definition) is 4. The molecule has 12 aromatic rings. The Hall–Kier alpha value is -6.76. The van der Waals surface area contributed by atoms with E-state index in [0.29, 0.717) is 0 Å². The van der Waals surface area contributed by atoms with E-state index in [2.05, 4.69) is 191 Å². The molecule has 4 nitrogen and oxygen atoms in total. The summed E-state index contributed by atoms with van der Waals surface area (Å²) in [5.74, 6) is 0. The van der Waals surface area contributed by atoms with Crippen molar-refractivity contribution < 1.29 is 8.83 Å². The molecule has 6 heterocycles. The number of benzene rings is 8. The summed E-state index contributed by atoms with van der Waals surface area (Å²) in [4.78, 5) is 2.67. The zero-order valence-corrected chi connectivity index (χ0v) is 39.1. The largest absolute Gasteiger partial charge is 0.456 e. The van der Waals surface area contributed by atoms with Gasteiger partial charge in [0.15, 0.2) is 0 Å². The van der Waals surface area contributed by atoms with Gasteiger partial charge in [-0.15, -0.1) is 11.3 Å². The predicted octanol–water partition coefficient (Wildman–Crippen LogP) is 15.8. The molecule has 66 heavy (non-hydrogen) atoms. The molecule has 0 saturated heterocycles. The molecule has 2 aliphatic heterocycles. The molecule has 0 N–H and O–H groups in total. The maximum atomic E-state index is 7.03. The number of para-hydroxylation sites is 1. The van der Waals surface area contributed by atoms with Crippen LogP contribution in [0.25, 0.3) is 103 Å². The number of hydrogen-bond donors (Lipinski definition) is 0. The summed E-state index contributed by atoms with van der Waals surface area (Å²) in [6.07, 6.45) is 2.33. The van der Waals surface area contributed by atoms with Crippen LogP contribution in [0.1, 0.15) is 78.0 Å². The second-order valence-corrected chi connectivity index (χ2v) is 23.0. The highest BCUT2D eigenvalue weighted by Crippen LogP contribution is 2.52. The summed E-state index contributed by atoms with van der Waals surface area (Å²) in [6, 6.07) is 51.0. The fourth-order valence-corrected chi connectivity index (χ4v) is 13.7. The SMILES string of the molecule is CC(C)(C)c1ccc(N2B3c4cc5c(cc4-n4c6cc7oc8ccccc8c7cc6c6ccc(c3c64)-c3cc4oc6cc7c(cc6c4cc32)C(C)(C)CCC7(C)C)sc2ccccc25)cc1. The molecule has 0 spiro atoms.